The van der Waals surface area contributed by atoms with E-state index < -0.39 is 10.0 Å². The zero-order valence-electron chi connectivity index (χ0n) is 9.40. The minimum atomic E-state index is -3.39. The summed E-state index contributed by atoms with van der Waals surface area (Å²) in [4.78, 5) is 0. The van der Waals surface area contributed by atoms with Gasteiger partial charge >= 0.3 is 0 Å². The van der Waals surface area contributed by atoms with Crippen molar-refractivity contribution < 1.29 is 8.42 Å². The van der Waals surface area contributed by atoms with Crippen LogP contribution in [0.1, 0.15) is 12.1 Å². The largest absolute Gasteiger partial charge is 0.394 e. The lowest BCUT2D eigenvalue weighted by Crippen LogP contribution is -2.19. The molecule has 0 aromatic carbocycles. The van der Waals surface area contributed by atoms with E-state index in [1.54, 1.807) is 11.7 Å². The van der Waals surface area contributed by atoms with Gasteiger partial charge in [-0.15, -0.1) is 0 Å². The molecule has 0 spiro atoms. The van der Waals surface area contributed by atoms with E-state index in [1.165, 1.54) is 0 Å². The zero-order valence-corrected chi connectivity index (χ0v) is 10.2. The smallest absolute Gasteiger partial charge is 0.209 e. The van der Waals surface area contributed by atoms with Crippen molar-refractivity contribution in [2.24, 2.45) is 12.2 Å². The average Bonchev–Trinajstić information content (AvgIpc) is 2.36. The van der Waals surface area contributed by atoms with Gasteiger partial charge in [-0.25, -0.2) is 13.6 Å². The van der Waals surface area contributed by atoms with Gasteiger partial charge in [0.05, 0.1) is 17.1 Å². The first-order chi connectivity index (χ1) is 7.31. The van der Waals surface area contributed by atoms with Gasteiger partial charge in [0.2, 0.25) is 10.0 Å². The molecule has 1 aromatic rings. The molecule has 0 saturated heterocycles. The van der Waals surface area contributed by atoms with E-state index in [9.17, 15) is 8.42 Å². The highest BCUT2D eigenvalue weighted by Gasteiger charge is 2.09. The summed E-state index contributed by atoms with van der Waals surface area (Å²) >= 11 is 0. The molecule has 0 aliphatic carbocycles. The van der Waals surface area contributed by atoms with Gasteiger partial charge in [0, 0.05) is 13.6 Å². The number of nitrogens with two attached hydrogens (primary N) is 2. The number of rotatable bonds is 5. The maximum atomic E-state index is 10.7. The Balaban J connectivity index is 2.49. The fourth-order valence-electron chi connectivity index (χ4n) is 1.36. The Hall–Kier alpha value is -1.28. The first-order valence-corrected chi connectivity index (χ1v) is 6.56. The number of hydrogen-bond donors (Lipinski definition) is 3. The highest BCUT2D eigenvalue weighted by Crippen LogP contribution is 2.20. The van der Waals surface area contributed by atoms with Crippen molar-refractivity contribution in [3.05, 3.63) is 5.69 Å². The molecule has 0 aliphatic heterocycles. The van der Waals surface area contributed by atoms with E-state index in [2.05, 4.69) is 10.4 Å². The number of nitrogens with one attached hydrogen (secondary N) is 1. The molecule has 1 aromatic heterocycles. The fourth-order valence-corrected chi connectivity index (χ4v) is 1.91. The normalized spacial score (nSPS) is 11.7. The lowest BCUT2D eigenvalue weighted by molar-refractivity contribution is 0.595. The molecule has 16 heavy (non-hydrogen) atoms. The number of nitrogen functional groups attached to an aromatic ring is 1. The molecule has 5 N–H and O–H groups in total. The Labute approximate surface area is 94.9 Å². The van der Waals surface area contributed by atoms with E-state index >= 15 is 0 Å². The Kier molecular flexibility index (Phi) is 3.76. The summed E-state index contributed by atoms with van der Waals surface area (Å²) in [6.45, 7) is 2.30. The van der Waals surface area contributed by atoms with Crippen LogP contribution in [0.2, 0.25) is 0 Å². The van der Waals surface area contributed by atoms with Crippen molar-refractivity contribution in [1.82, 2.24) is 9.78 Å². The van der Waals surface area contributed by atoms with E-state index in [0.717, 1.165) is 5.69 Å². The maximum Gasteiger partial charge on any atom is 0.209 e. The first kappa shape index (κ1) is 12.8. The van der Waals surface area contributed by atoms with Gasteiger partial charge in [-0.05, 0) is 13.3 Å². The van der Waals surface area contributed by atoms with Crippen LogP contribution in [0.5, 0.6) is 0 Å². The first-order valence-electron chi connectivity index (χ1n) is 4.84. The SMILES string of the molecule is Cc1nn(C)c(NCCCS(N)(=O)=O)c1N. The molecule has 8 heteroatoms. The number of nitrogens with zero attached hydrogens (tertiary/aromatic N) is 2. The molecule has 0 bridgehead atoms. The van der Waals surface area contributed by atoms with Crippen LogP contribution in [-0.4, -0.2) is 30.5 Å². The Morgan fingerprint density at radius 1 is 1.50 bits per heavy atom. The van der Waals surface area contributed by atoms with Crippen LogP contribution in [0.3, 0.4) is 0 Å². The molecule has 7 nitrogen and oxygen atoms in total. The van der Waals surface area contributed by atoms with Gasteiger partial charge in [-0.3, -0.25) is 4.68 Å². The van der Waals surface area contributed by atoms with Crippen LogP contribution in [-0.2, 0) is 17.1 Å². The molecule has 1 heterocycles. The summed E-state index contributed by atoms with van der Waals surface area (Å²) in [6.07, 6.45) is 0.433. The summed E-state index contributed by atoms with van der Waals surface area (Å²) in [5, 5.41) is 12.0. The standard InChI is InChI=1S/C8H17N5O2S/c1-6-7(9)8(13(2)12-6)11-4-3-5-16(10,14)15/h11H,3-5,9H2,1-2H3,(H2,10,14,15). The zero-order chi connectivity index (χ0) is 12.3. The number of primary sulfonamides is 1. The second kappa shape index (κ2) is 4.71. The van der Waals surface area contributed by atoms with Gasteiger partial charge in [-0.1, -0.05) is 0 Å². The van der Waals surface area contributed by atoms with E-state index in [0.29, 0.717) is 24.5 Å². The highest BCUT2D eigenvalue weighted by atomic mass is 32.2. The number of sulfonamides is 1. The lowest BCUT2D eigenvalue weighted by Gasteiger charge is -2.06. The predicted molar refractivity (Wildman–Crippen MR) is 63.4 cm³/mol. The summed E-state index contributed by atoms with van der Waals surface area (Å²) in [6, 6.07) is 0. The lowest BCUT2D eigenvalue weighted by atomic mass is 10.4. The second-order valence-corrected chi connectivity index (χ2v) is 5.35. The Bertz CT molecular complexity index is 465. The van der Waals surface area contributed by atoms with Crippen LogP contribution in [0.15, 0.2) is 0 Å². The van der Waals surface area contributed by atoms with Crippen LogP contribution in [0.4, 0.5) is 11.5 Å². The van der Waals surface area contributed by atoms with E-state index in [-0.39, 0.29) is 5.75 Å². The predicted octanol–water partition coefficient (Wildman–Crippen LogP) is -0.599. The van der Waals surface area contributed by atoms with Crippen molar-refractivity contribution in [3.8, 4) is 0 Å². The number of anilines is 2. The molecule has 0 unspecified atom stereocenters. The van der Waals surface area contributed by atoms with Gasteiger partial charge < -0.3 is 11.1 Å². The molecule has 0 saturated carbocycles. The number of hydrogen-bond acceptors (Lipinski definition) is 5. The van der Waals surface area contributed by atoms with Crippen LogP contribution in [0, 0.1) is 6.92 Å². The molecule has 0 aliphatic rings. The van der Waals surface area contributed by atoms with Crippen molar-refractivity contribution in [1.29, 1.82) is 0 Å². The average molecular weight is 247 g/mol. The minimum absolute atomic E-state index is 0.0449. The quantitative estimate of drug-likeness (QED) is 0.601. The summed E-state index contributed by atoms with van der Waals surface area (Å²) in [5.41, 5.74) is 7.11. The number of aryl methyl sites for hydroxylation is 2. The van der Waals surface area contributed by atoms with Gasteiger partial charge in [0.15, 0.2) is 0 Å². The topological polar surface area (TPSA) is 116 Å². The second-order valence-electron chi connectivity index (χ2n) is 3.62. The van der Waals surface area contributed by atoms with Gasteiger partial charge in [-0.2, -0.15) is 5.10 Å². The molecule has 0 amide bonds. The van der Waals surface area contributed by atoms with E-state index in [4.69, 9.17) is 10.9 Å². The molecule has 92 valence electrons. The van der Waals surface area contributed by atoms with Crippen LogP contribution >= 0.6 is 0 Å². The van der Waals surface area contributed by atoms with E-state index in [1.807, 2.05) is 6.92 Å². The molecule has 0 atom stereocenters. The summed E-state index contributed by atoms with van der Waals surface area (Å²) < 4.78 is 23.0. The molecule has 1 rings (SSSR count). The third kappa shape index (κ3) is 3.38. The Morgan fingerprint density at radius 2 is 2.12 bits per heavy atom. The monoisotopic (exact) mass is 247 g/mol. The molecular formula is C8H17N5O2S. The molecule has 0 radical (unpaired) electrons. The third-order valence-electron chi connectivity index (χ3n) is 2.17. The minimum Gasteiger partial charge on any atom is -0.394 e. The van der Waals surface area contributed by atoms with Crippen molar-refractivity contribution >= 4 is 21.5 Å². The molecule has 0 fully saturated rings. The van der Waals surface area contributed by atoms with Crippen molar-refractivity contribution in [2.75, 3.05) is 23.3 Å². The summed E-state index contributed by atoms with van der Waals surface area (Å²) in [7, 11) is -1.62. The third-order valence-corrected chi connectivity index (χ3v) is 3.02. The fraction of sp³-hybridized carbons (Fsp3) is 0.625. The molecular weight excluding hydrogens is 230 g/mol. The van der Waals surface area contributed by atoms with Crippen LogP contribution in [0.25, 0.3) is 0 Å². The van der Waals surface area contributed by atoms with Crippen molar-refractivity contribution in [2.45, 2.75) is 13.3 Å². The maximum absolute atomic E-state index is 10.7. The summed E-state index contributed by atoms with van der Waals surface area (Å²) in [5.74, 6) is 0.656. The van der Waals surface area contributed by atoms with Crippen molar-refractivity contribution in [3.63, 3.8) is 0 Å². The Morgan fingerprint density at radius 3 is 2.56 bits per heavy atom. The number of aromatic nitrogens is 2. The van der Waals surface area contributed by atoms with Gasteiger partial charge in [0.1, 0.15) is 5.82 Å². The highest BCUT2D eigenvalue weighted by molar-refractivity contribution is 7.89. The van der Waals surface area contributed by atoms with Gasteiger partial charge in [0.25, 0.3) is 0 Å². The van der Waals surface area contributed by atoms with Crippen LogP contribution < -0.4 is 16.2 Å².